The quantitative estimate of drug-likeness (QED) is 0.829. The zero-order valence-electron chi connectivity index (χ0n) is 11.5. The Hall–Kier alpha value is -0.570. The highest BCUT2D eigenvalue weighted by Gasteiger charge is 2.58. The molecule has 0 aliphatic heterocycles. The summed E-state index contributed by atoms with van der Waals surface area (Å²) >= 11 is 0. The van der Waals surface area contributed by atoms with Crippen LogP contribution in [0.2, 0.25) is 0 Å². The molecule has 3 fully saturated rings. The SMILES string of the molecule is CCN(C(=O)C1C2CCCC21)C1CCCC1CN. The van der Waals surface area contributed by atoms with Gasteiger partial charge in [-0.2, -0.15) is 0 Å². The summed E-state index contributed by atoms with van der Waals surface area (Å²) in [4.78, 5) is 14.9. The summed E-state index contributed by atoms with van der Waals surface area (Å²) in [5, 5.41) is 0. The van der Waals surface area contributed by atoms with Gasteiger partial charge in [0.15, 0.2) is 0 Å². The van der Waals surface area contributed by atoms with Crippen molar-refractivity contribution in [2.75, 3.05) is 13.1 Å². The molecule has 0 spiro atoms. The van der Waals surface area contributed by atoms with Crippen molar-refractivity contribution < 1.29 is 4.79 Å². The highest BCUT2D eigenvalue weighted by molar-refractivity contribution is 5.83. The van der Waals surface area contributed by atoms with Gasteiger partial charge in [-0.25, -0.2) is 0 Å². The number of amides is 1. The van der Waals surface area contributed by atoms with E-state index in [4.69, 9.17) is 5.73 Å². The number of rotatable bonds is 4. The summed E-state index contributed by atoms with van der Waals surface area (Å²) in [6.45, 7) is 3.74. The highest BCUT2D eigenvalue weighted by Crippen LogP contribution is 2.58. The van der Waals surface area contributed by atoms with Gasteiger partial charge in [0, 0.05) is 18.5 Å². The zero-order valence-corrected chi connectivity index (χ0v) is 11.5. The Morgan fingerprint density at radius 3 is 2.44 bits per heavy atom. The molecule has 0 aromatic carbocycles. The van der Waals surface area contributed by atoms with Crippen molar-refractivity contribution in [1.29, 1.82) is 0 Å². The Morgan fingerprint density at radius 1 is 1.17 bits per heavy atom. The smallest absolute Gasteiger partial charge is 0.226 e. The van der Waals surface area contributed by atoms with Crippen LogP contribution in [0.5, 0.6) is 0 Å². The van der Waals surface area contributed by atoms with Gasteiger partial charge in [-0.1, -0.05) is 12.8 Å². The predicted molar refractivity (Wildman–Crippen MR) is 71.9 cm³/mol. The second-order valence-electron chi connectivity index (χ2n) is 6.40. The van der Waals surface area contributed by atoms with E-state index >= 15 is 0 Å². The van der Waals surface area contributed by atoms with E-state index in [0.29, 0.717) is 23.8 Å². The maximum atomic E-state index is 12.7. The summed E-state index contributed by atoms with van der Waals surface area (Å²) in [6.07, 6.45) is 7.56. The number of carbonyl (C=O) groups excluding carboxylic acids is 1. The standard InChI is InChI=1S/C15H26N2O/c1-2-17(13-8-3-5-10(13)9-16)15(18)14-11-6-4-7-12(11)14/h10-14H,2-9,16H2,1H3. The van der Waals surface area contributed by atoms with E-state index < -0.39 is 0 Å². The molecule has 18 heavy (non-hydrogen) atoms. The van der Waals surface area contributed by atoms with Gasteiger partial charge in [0.25, 0.3) is 0 Å². The second-order valence-corrected chi connectivity index (χ2v) is 6.40. The maximum Gasteiger partial charge on any atom is 0.226 e. The molecule has 0 radical (unpaired) electrons. The molecular weight excluding hydrogens is 224 g/mol. The van der Waals surface area contributed by atoms with Crippen molar-refractivity contribution in [2.45, 2.75) is 51.5 Å². The van der Waals surface area contributed by atoms with Crippen molar-refractivity contribution >= 4 is 5.91 Å². The minimum absolute atomic E-state index is 0.387. The Kier molecular flexibility index (Phi) is 3.35. The first-order valence-electron chi connectivity index (χ1n) is 7.78. The number of carbonyl (C=O) groups is 1. The van der Waals surface area contributed by atoms with Gasteiger partial charge >= 0.3 is 0 Å². The van der Waals surface area contributed by atoms with Crippen LogP contribution in [-0.2, 0) is 4.79 Å². The average Bonchev–Trinajstić information content (AvgIpc) is 2.78. The summed E-state index contributed by atoms with van der Waals surface area (Å²) in [5.41, 5.74) is 5.86. The van der Waals surface area contributed by atoms with Crippen LogP contribution < -0.4 is 5.73 Å². The van der Waals surface area contributed by atoms with Crippen LogP contribution in [0.25, 0.3) is 0 Å². The molecule has 0 saturated heterocycles. The lowest BCUT2D eigenvalue weighted by Crippen LogP contribution is -2.45. The largest absolute Gasteiger partial charge is 0.339 e. The summed E-state index contributed by atoms with van der Waals surface area (Å²) < 4.78 is 0. The van der Waals surface area contributed by atoms with Gasteiger partial charge in [-0.05, 0) is 56.9 Å². The van der Waals surface area contributed by atoms with Gasteiger partial charge in [-0.3, -0.25) is 4.79 Å². The van der Waals surface area contributed by atoms with Gasteiger partial charge < -0.3 is 10.6 Å². The molecule has 0 aromatic rings. The van der Waals surface area contributed by atoms with E-state index in [9.17, 15) is 4.79 Å². The van der Waals surface area contributed by atoms with Crippen LogP contribution in [0.15, 0.2) is 0 Å². The third-order valence-electron chi connectivity index (χ3n) is 5.64. The van der Waals surface area contributed by atoms with Crippen LogP contribution in [-0.4, -0.2) is 29.9 Å². The molecule has 0 aromatic heterocycles. The summed E-state index contributed by atoms with van der Waals surface area (Å²) in [6, 6.07) is 0.439. The van der Waals surface area contributed by atoms with E-state index in [0.717, 1.165) is 24.9 Å². The Bertz CT molecular complexity index is 320. The van der Waals surface area contributed by atoms with Crippen molar-refractivity contribution in [2.24, 2.45) is 29.4 Å². The van der Waals surface area contributed by atoms with Crippen LogP contribution in [0, 0.1) is 23.7 Å². The molecule has 3 heteroatoms. The topological polar surface area (TPSA) is 46.3 Å². The minimum Gasteiger partial charge on any atom is -0.339 e. The van der Waals surface area contributed by atoms with Crippen molar-refractivity contribution in [1.82, 2.24) is 4.90 Å². The normalized spacial score (nSPS) is 41.8. The molecule has 3 aliphatic carbocycles. The molecule has 0 bridgehead atoms. The average molecular weight is 250 g/mol. The number of nitrogens with two attached hydrogens (primary N) is 1. The van der Waals surface area contributed by atoms with E-state index in [1.807, 2.05) is 0 Å². The van der Waals surface area contributed by atoms with Gasteiger partial charge in [0.2, 0.25) is 5.91 Å². The fraction of sp³-hybridized carbons (Fsp3) is 0.933. The number of hydrogen-bond acceptors (Lipinski definition) is 2. The van der Waals surface area contributed by atoms with Crippen LogP contribution in [0.4, 0.5) is 0 Å². The predicted octanol–water partition coefficient (Wildman–Crippen LogP) is 2.01. The summed E-state index contributed by atoms with van der Waals surface area (Å²) in [7, 11) is 0. The van der Waals surface area contributed by atoms with E-state index in [-0.39, 0.29) is 0 Å². The van der Waals surface area contributed by atoms with E-state index in [1.165, 1.54) is 38.5 Å². The first-order chi connectivity index (χ1) is 8.77. The lowest BCUT2D eigenvalue weighted by atomic mass is 10.0. The van der Waals surface area contributed by atoms with E-state index in [1.54, 1.807) is 0 Å². The second kappa shape index (κ2) is 4.84. The molecule has 0 heterocycles. The molecule has 1 amide bonds. The Morgan fingerprint density at radius 2 is 1.83 bits per heavy atom. The third kappa shape index (κ3) is 1.87. The third-order valence-corrected chi connectivity index (χ3v) is 5.64. The molecule has 2 N–H and O–H groups in total. The van der Waals surface area contributed by atoms with Crippen LogP contribution in [0.3, 0.4) is 0 Å². The number of hydrogen-bond donors (Lipinski definition) is 1. The zero-order chi connectivity index (χ0) is 12.7. The first-order valence-corrected chi connectivity index (χ1v) is 7.78. The monoisotopic (exact) mass is 250 g/mol. The van der Waals surface area contributed by atoms with Crippen LogP contribution >= 0.6 is 0 Å². The first kappa shape index (κ1) is 12.5. The molecule has 102 valence electrons. The molecule has 3 rings (SSSR count). The highest BCUT2D eigenvalue weighted by atomic mass is 16.2. The van der Waals surface area contributed by atoms with Gasteiger partial charge in [0.05, 0.1) is 0 Å². The molecule has 4 atom stereocenters. The fourth-order valence-electron chi connectivity index (χ4n) is 4.64. The Balaban J connectivity index is 1.67. The van der Waals surface area contributed by atoms with Crippen LogP contribution in [0.1, 0.15) is 45.4 Å². The van der Waals surface area contributed by atoms with Crippen molar-refractivity contribution in [3.05, 3.63) is 0 Å². The Labute approximate surface area is 110 Å². The fourth-order valence-corrected chi connectivity index (χ4v) is 4.64. The molecule has 3 saturated carbocycles. The van der Waals surface area contributed by atoms with Crippen molar-refractivity contribution in [3.8, 4) is 0 Å². The molecular formula is C15H26N2O. The lowest BCUT2D eigenvalue weighted by molar-refractivity contribution is -0.136. The summed E-state index contributed by atoms with van der Waals surface area (Å²) in [5.74, 6) is 2.87. The van der Waals surface area contributed by atoms with E-state index in [2.05, 4.69) is 11.8 Å². The molecule has 3 aliphatic rings. The lowest BCUT2D eigenvalue weighted by Gasteiger charge is -2.32. The number of fused-ring (bicyclic) bond motifs is 1. The molecule has 4 unspecified atom stereocenters. The maximum absolute atomic E-state index is 12.7. The van der Waals surface area contributed by atoms with Gasteiger partial charge in [-0.15, -0.1) is 0 Å². The van der Waals surface area contributed by atoms with Gasteiger partial charge in [0.1, 0.15) is 0 Å². The van der Waals surface area contributed by atoms with Crippen molar-refractivity contribution in [3.63, 3.8) is 0 Å². The molecule has 3 nitrogen and oxygen atoms in total. The number of nitrogens with zero attached hydrogens (tertiary/aromatic N) is 1. The minimum atomic E-state index is 0.387.